The Balaban J connectivity index is 2.35. The summed E-state index contributed by atoms with van der Waals surface area (Å²) in [5.74, 6) is 0. The molecule has 1 fully saturated rings. The minimum atomic E-state index is -0.271. The number of ether oxygens (including phenoxy) is 1. The zero-order valence-electron chi connectivity index (χ0n) is 12.4. The van der Waals surface area contributed by atoms with Gasteiger partial charge < -0.3 is 20.5 Å². The predicted octanol–water partition coefficient (Wildman–Crippen LogP) is 1.84. The van der Waals surface area contributed by atoms with Crippen molar-refractivity contribution in [3.05, 3.63) is 23.8 Å². The third kappa shape index (κ3) is 3.28. The highest BCUT2D eigenvalue weighted by atomic mass is 32.2. The molecule has 2 rings (SSSR count). The molecule has 0 amide bonds. The van der Waals surface area contributed by atoms with Gasteiger partial charge in [0.1, 0.15) is 0 Å². The summed E-state index contributed by atoms with van der Waals surface area (Å²) in [6.45, 7) is 6.18. The van der Waals surface area contributed by atoms with Gasteiger partial charge in [-0.15, -0.1) is 11.8 Å². The molecule has 1 aromatic carbocycles. The van der Waals surface area contributed by atoms with E-state index in [1.165, 1.54) is 10.5 Å². The zero-order valence-corrected chi connectivity index (χ0v) is 13.2. The first-order valence-corrected chi connectivity index (χ1v) is 8.13. The Kier molecular flexibility index (Phi) is 4.96. The van der Waals surface area contributed by atoms with E-state index >= 15 is 0 Å². The Hall–Kier alpha value is -0.750. The normalized spacial score (nSPS) is 22.1. The SMILES string of the molecule is CSc1cccc(N2CC(CO)OC(C)(C)C2)c1CN. The Labute approximate surface area is 125 Å². The van der Waals surface area contributed by atoms with E-state index in [2.05, 4.69) is 43.2 Å². The molecule has 1 heterocycles. The van der Waals surface area contributed by atoms with Gasteiger partial charge in [-0.05, 0) is 32.2 Å². The average Bonchev–Trinajstić information content (AvgIpc) is 2.44. The summed E-state index contributed by atoms with van der Waals surface area (Å²) in [6.07, 6.45) is 1.92. The first-order valence-electron chi connectivity index (χ1n) is 6.90. The van der Waals surface area contributed by atoms with Crippen LogP contribution < -0.4 is 10.6 Å². The third-order valence-electron chi connectivity index (χ3n) is 3.56. The molecule has 1 saturated heterocycles. The molecule has 1 aliphatic rings. The van der Waals surface area contributed by atoms with Crippen LogP contribution in [-0.2, 0) is 11.3 Å². The first kappa shape index (κ1) is 15.6. The van der Waals surface area contributed by atoms with Crippen LogP contribution in [0.25, 0.3) is 0 Å². The van der Waals surface area contributed by atoms with Gasteiger partial charge in [0.25, 0.3) is 0 Å². The number of nitrogens with zero attached hydrogens (tertiary/aromatic N) is 1. The second kappa shape index (κ2) is 6.35. The smallest absolute Gasteiger partial charge is 0.0988 e. The second-order valence-electron chi connectivity index (χ2n) is 5.72. The maximum atomic E-state index is 9.43. The van der Waals surface area contributed by atoms with Crippen LogP contribution in [0.1, 0.15) is 19.4 Å². The van der Waals surface area contributed by atoms with Crippen LogP contribution in [0, 0.1) is 0 Å². The minimum absolute atomic E-state index is 0.0418. The van der Waals surface area contributed by atoms with E-state index in [4.69, 9.17) is 10.5 Å². The molecule has 0 aliphatic carbocycles. The van der Waals surface area contributed by atoms with Crippen LogP contribution in [0.2, 0.25) is 0 Å². The molecule has 1 aliphatic heterocycles. The van der Waals surface area contributed by atoms with Gasteiger partial charge in [-0.1, -0.05) is 6.07 Å². The molecule has 1 unspecified atom stereocenters. The molecule has 1 atom stereocenters. The number of benzene rings is 1. The van der Waals surface area contributed by atoms with Crippen LogP contribution in [0.15, 0.2) is 23.1 Å². The van der Waals surface area contributed by atoms with Gasteiger partial charge >= 0.3 is 0 Å². The monoisotopic (exact) mass is 296 g/mol. The van der Waals surface area contributed by atoms with Gasteiger partial charge in [-0.2, -0.15) is 0 Å². The van der Waals surface area contributed by atoms with E-state index in [9.17, 15) is 5.11 Å². The lowest BCUT2D eigenvalue weighted by Crippen LogP contribution is -2.54. The first-order chi connectivity index (χ1) is 9.50. The molecule has 4 nitrogen and oxygen atoms in total. The molecule has 112 valence electrons. The fourth-order valence-electron chi connectivity index (χ4n) is 2.82. The molecule has 0 spiro atoms. The van der Waals surface area contributed by atoms with E-state index in [0.29, 0.717) is 13.1 Å². The number of nitrogens with two attached hydrogens (primary N) is 1. The number of anilines is 1. The maximum absolute atomic E-state index is 9.43. The highest BCUT2D eigenvalue weighted by Gasteiger charge is 2.34. The third-order valence-corrected chi connectivity index (χ3v) is 4.38. The summed E-state index contributed by atoms with van der Waals surface area (Å²) < 4.78 is 5.88. The lowest BCUT2D eigenvalue weighted by molar-refractivity contribution is -0.101. The van der Waals surface area contributed by atoms with Crippen molar-refractivity contribution in [3.8, 4) is 0 Å². The topological polar surface area (TPSA) is 58.7 Å². The lowest BCUT2D eigenvalue weighted by atomic mass is 10.0. The highest BCUT2D eigenvalue weighted by Crippen LogP contribution is 2.33. The van der Waals surface area contributed by atoms with Crippen molar-refractivity contribution >= 4 is 17.4 Å². The predicted molar refractivity (Wildman–Crippen MR) is 84.4 cm³/mol. The van der Waals surface area contributed by atoms with Gasteiger partial charge in [0.2, 0.25) is 0 Å². The fraction of sp³-hybridized carbons (Fsp3) is 0.600. The van der Waals surface area contributed by atoms with Crippen LogP contribution in [0.4, 0.5) is 5.69 Å². The second-order valence-corrected chi connectivity index (χ2v) is 6.57. The standard InChI is InChI=1S/C15H24N2O2S/c1-15(2)10-17(8-11(9-18)19-15)13-5-4-6-14(20-3)12(13)7-16/h4-6,11,18H,7-10,16H2,1-3H3. The molecule has 0 bridgehead atoms. The van der Waals surface area contributed by atoms with Gasteiger partial charge in [-0.3, -0.25) is 0 Å². The number of hydrogen-bond donors (Lipinski definition) is 2. The molecule has 0 saturated carbocycles. The molecule has 3 N–H and O–H groups in total. The van der Waals surface area contributed by atoms with Gasteiger partial charge in [-0.25, -0.2) is 0 Å². The van der Waals surface area contributed by atoms with Crippen molar-refractivity contribution in [3.63, 3.8) is 0 Å². The van der Waals surface area contributed by atoms with E-state index in [-0.39, 0.29) is 18.3 Å². The molecule has 0 radical (unpaired) electrons. The number of morpholine rings is 1. The van der Waals surface area contributed by atoms with Gasteiger partial charge in [0.15, 0.2) is 0 Å². The van der Waals surface area contributed by atoms with E-state index < -0.39 is 0 Å². The van der Waals surface area contributed by atoms with E-state index in [0.717, 1.165) is 12.2 Å². The molecule has 20 heavy (non-hydrogen) atoms. The van der Waals surface area contributed by atoms with E-state index in [1.54, 1.807) is 11.8 Å². The van der Waals surface area contributed by atoms with Crippen molar-refractivity contribution < 1.29 is 9.84 Å². The summed E-state index contributed by atoms with van der Waals surface area (Å²) in [5, 5.41) is 9.43. The molecule has 0 aromatic heterocycles. The van der Waals surface area contributed by atoms with Crippen molar-refractivity contribution in [2.75, 3.05) is 30.9 Å². The zero-order chi connectivity index (χ0) is 14.8. The Morgan fingerprint density at radius 2 is 2.25 bits per heavy atom. The number of rotatable bonds is 4. The molecule has 1 aromatic rings. The Morgan fingerprint density at radius 3 is 2.85 bits per heavy atom. The summed E-state index contributed by atoms with van der Waals surface area (Å²) >= 11 is 1.72. The Morgan fingerprint density at radius 1 is 1.50 bits per heavy atom. The number of aliphatic hydroxyl groups is 1. The maximum Gasteiger partial charge on any atom is 0.0988 e. The fourth-order valence-corrected chi connectivity index (χ4v) is 3.47. The highest BCUT2D eigenvalue weighted by molar-refractivity contribution is 7.98. The van der Waals surface area contributed by atoms with Crippen molar-refractivity contribution in [2.45, 2.75) is 37.0 Å². The summed E-state index contributed by atoms with van der Waals surface area (Å²) in [4.78, 5) is 3.50. The van der Waals surface area contributed by atoms with Gasteiger partial charge in [0, 0.05) is 35.8 Å². The largest absolute Gasteiger partial charge is 0.394 e. The summed E-state index contributed by atoms with van der Waals surface area (Å²) in [5.41, 5.74) is 8.01. The Bertz CT molecular complexity index is 465. The summed E-state index contributed by atoms with van der Waals surface area (Å²) in [6, 6.07) is 6.28. The lowest BCUT2D eigenvalue weighted by Gasteiger charge is -2.44. The van der Waals surface area contributed by atoms with Crippen LogP contribution in [0.5, 0.6) is 0 Å². The van der Waals surface area contributed by atoms with Crippen LogP contribution in [0.3, 0.4) is 0 Å². The average molecular weight is 296 g/mol. The molecular weight excluding hydrogens is 272 g/mol. The van der Waals surface area contributed by atoms with Crippen LogP contribution in [-0.4, -0.2) is 42.8 Å². The number of hydrogen-bond acceptors (Lipinski definition) is 5. The van der Waals surface area contributed by atoms with Crippen LogP contribution >= 0.6 is 11.8 Å². The summed E-state index contributed by atoms with van der Waals surface area (Å²) in [7, 11) is 0. The number of aliphatic hydroxyl groups excluding tert-OH is 1. The van der Waals surface area contributed by atoms with Crippen molar-refractivity contribution in [1.82, 2.24) is 0 Å². The molecule has 5 heteroatoms. The van der Waals surface area contributed by atoms with Gasteiger partial charge in [0.05, 0.1) is 18.3 Å². The van der Waals surface area contributed by atoms with E-state index in [1.807, 2.05) is 0 Å². The van der Waals surface area contributed by atoms with Crippen molar-refractivity contribution in [1.29, 1.82) is 0 Å². The quantitative estimate of drug-likeness (QED) is 0.830. The molecular formula is C15H24N2O2S. The van der Waals surface area contributed by atoms with Crippen molar-refractivity contribution in [2.24, 2.45) is 5.73 Å². The minimum Gasteiger partial charge on any atom is -0.394 e. The number of thioether (sulfide) groups is 1.